The van der Waals surface area contributed by atoms with Crippen molar-refractivity contribution in [2.24, 2.45) is 5.10 Å². The van der Waals surface area contributed by atoms with Gasteiger partial charge in [-0.05, 0) is 30.2 Å². The molecule has 2 aromatic carbocycles. The second-order valence-corrected chi connectivity index (χ2v) is 6.58. The van der Waals surface area contributed by atoms with Crippen molar-refractivity contribution >= 4 is 34.3 Å². The molecule has 3 rings (SSSR count). The average molecular weight is 367 g/mol. The molecular formula is C19H15ClN4S. The van der Waals surface area contributed by atoms with Gasteiger partial charge in [0.1, 0.15) is 6.07 Å². The zero-order chi connectivity index (χ0) is 17.6. The first-order valence-electron chi connectivity index (χ1n) is 7.74. The van der Waals surface area contributed by atoms with Crippen LogP contribution in [0.3, 0.4) is 0 Å². The monoisotopic (exact) mass is 366 g/mol. The molecule has 0 aliphatic heterocycles. The number of rotatable bonds is 5. The summed E-state index contributed by atoms with van der Waals surface area (Å²) in [6.07, 6.45) is 1.00. The number of nitriles is 1. The van der Waals surface area contributed by atoms with Gasteiger partial charge in [0.05, 0.1) is 11.4 Å². The van der Waals surface area contributed by atoms with Crippen molar-refractivity contribution in [3.8, 4) is 17.3 Å². The minimum Gasteiger partial charge on any atom is -0.277 e. The highest BCUT2D eigenvalue weighted by molar-refractivity contribution is 7.12. The minimum absolute atomic E-state index is 0.237. The maximum atomic E-state index is 9.38. The van der Waals surface area contributed by atoms with Crippen molar-refractivity contribution in [1.29, 1.82) is 5.26 Å². The van der Waals surface area contributed by atoms with Crippen LogP contribution in [0.15, 0.2) is 59.0 Å². The lowest BCUT2D eigenvalue weighted by atomic mass is 10.1. The molecular weight excluding hydrogens is 352 g/mol. The van der Waals surface area contributed by atoms with Crippen LogP contribution in [0, 0.1) is 11.3 Å². The largest absolute Gasteiger partial charge is 0.277 e. The van der Waals surface area contributed by atoms with E-state index in [1.807, 2.05) is 29.6 Å². The zero-order valence-corrected chi connectivity index (χ0v) is 15.1. The minimum atomic E-state index is 0.237. The summed E-state index contributed by atoms with van der Waals surface area (Å²) >= 11 is 7.33. The van der Waals surface area contributed by atoms with E-state index in [1.165, 1.54) is 16.9 Å². The summed E-state index contributed by atoms with van der Waals surface area (Å²) < 4.78 is 0. The fourth-order valence-corrected chi connectivity index (χ4v) is 3.18. The third kappa shape index (κ3) is 4.24. The third-order valence-electron chi connectivity index (χ3n) is 3.59. The maximum Gasteiger partial charge on any atom is 0.196 e. The third-order valence-corrected chi connectivity index (χ3v) is 4.68. The van der Waals surface area contributed by atoms with Crippen LogP contribution in [0.1, 0.15) is 17.5 Å². The molecule has 0 spiro atoms. The van der Waals surface area contributed by atoms with Crippen LogP contribution in [-0.4, -0.2) is 10.7 Å². The Bertz CT molecular complexity index is 939. The van der Waals surface area contributed by atoms with Gasteiger partial charge in [0.25, 0.3) is 0 Å². The molecule has 0 radical (unpaired) electrons. The Balaban J connectivity index is 1.81. The van der Waals surface area contributed by atoms with Crippen molar-refractivity contribution in [1.82, 2.24) is 4.98 Å². The Labute approximate surface area is 155 Å². The smallest absolute Gasteiger partial charge is 0.196 e. The lowest BCUT2D eigenvalue weighted by Crippen LogP contribution is -2.01. The highest BCUT2D eigenvalue weighted by atomic mass is 35.5. The highest BCUT2D eigenvalue weighted by Gasteiger charge is 2.10. The number of hydrazone groups is 1. The molecule has 0 unspecified atom stereocenters. The van der Waals surface area contributed by atoms with E-state index in [0.717, 1.165) is 17.7 Å². The Morgan fingerprint density at radius 2 is 2.08 bits per heavy atom. The number of benzene rings is 2. The van der Waals surface area contributed by atoms with E-state index in [2.05, 4.69) is 40.6 Å². The molecule has 0 saturated carbocycles. The van der Waals surface area contributed by atoms with E-state index in [4.69, 9.17) is 11.6 Å². The molecule has 1 aromatic heterocycles. The number of hydrogen-bond acceptors (Lipinski definition) is 5. The molecule has 1 N–H and O–H groups in total. The topological polar surface area (TPSA) is 61.1 Å². The van der Waals surface area contributed by atoms with E-state index in [1.54, 1.807) is 12.1 Å². The number of halogens is 1. The van der Waals surface area contributed by atoms with Crippen molar-refractivity contribution in [2.75, 3.05) is 5.43 Å². The van der Waals surface area contributed by atoms with Crippen molar-refractivity contribution < 1.29 is 0 Å². The average Bonchev–Trinajstić information content (AvgIpc) is 3.12. The summed E-state index contributed by atoms with van der Waals surface area (Å²) in [4.78, 5) is 4.54. The first-order chi connectivity index (χ1) is 12.2. The van der Waals surface area contributed by atoms with E-state index in [9.17, 15) is 5.26 Å². The zero-order valence-electron chi connectivity index (χ0n) is 13.5. The highest BCUT2D eigenvalue weighted by Crippen LogP contribution is 2.23. The number of aryl methyl sites for hydroxylation is 1. The van der Waals surface area contributed by atoms with Crippen molar-refractivity contribution in [3.63, 3.8) is 0 Å². The van der Waals surface area contributed by atoms with Gasteiger partial charge in [0, 0.05) is 16.0 Å². The molecule has 1 heterocycles. The molecule has 0 atom stereocenters. The summed E-state index contributed by atoms with van der Waals surface area (Å²) in [5.41, 5.74) is 6.95. The Kier molecular flexibility index (Phi) is 5.44. The number of aromatic nitrogens is 1. The van der Waals surface area contributed by atoms with E-state index < -0.39 is 0 Å². The van der Waals surface area contributed by atoms with Gasteiger partial charge in [0.15, 0.2) is 10.7 Å². The van der Waals surface area contributed by atoms with Crippen LogP contribution in [0.2, 0.25) is 5.02 Å². The number of anilines is 1. The van der Waals surface area contributed by atoms with Crippen molar-refractivity contribution in [3.05, 3.63) is 69.5 Å². The van der Waals surface area contributed by atoms with Gasteiger partial charge < -0.3 is 0 Å². The van der Waals surface area contributed by atoms with Crippen LogP contribution in [0.5, 0.6) is 0 Å². The standard InChI is InChI=1S/C19H15ClN4S/c1-2-13-6-8-14(9-7-13)18-12-25-19(22-18)17(11-21)24-23-16-5-3-4-15(20)10-16/h3-10,12,23H,2H2,1H3/b24-17-. The van der Waals surface area contributed by atoms with Gasteiger partial charge in [-0.15, -0.1) is 11.3 Å². The van der Waals surface area contributed by atoms with Crippen LogP contribution in [0.25, 0.3) is 11.3 Å². The predicted octanol–water partition coefficient (Wildman–Crippen LogP) is 5.37. The predicted molar refractivity (Wildman–Crippen MR) is 104 cm³/mol. The number of nitrogens with zero attached hydrogens (tertiary/aromatic N) is 3. The second kappa shape index (κ2) is 7.93. The maximum absolute atomic E-state index is 9.38. The molecule has 0 aliphatic rings. The summed E-state index contributed by atoms with van der Waals surface area (Å²) in [7, 11) is 0. The molecule has 0 amide bonds. The van der Waals surface area contributed by atoms with E-state index in [-0.39, 0.29) is 5.71 Å². The molecule has 3 aromatic rings. The van der Waals surface area contributed by atoms with Gasteiger partial charge in [-0.1, -0.05) is 48.9 Å². The number of thiazole rings is 1. The number of nitrogens with one attached hydrogen (secondary N) is 1. The Morgan fingerprint density at radius 1 is 1.28 bits per heavy atom. The van der Waals surface area contributed by atoms with Gasteiger partial charge in [0.2, 0.25) is 0 Å². The van der Waals surface area contributed by atoms with Crippen LogP contribution < -0.4 is 5.43 Å². The SMILES string of the molecule is CCc1ccc(-c2csc(/C(C#N)=N\Nc3cccc(Cl)c3)n2)cc1. The lowest BCUT2D eigenvalue weighted by molar-refractivity contribution is 1.14. The molecule has 124 valence electrons. The summed E-state index contributed by atoms with van der Waals surface area (Å²) in [6.45, 7) is 2.12. The van der Waals surface area contributed by atoms with Crippen LogP contribution in [0.4, 0.5) is 5.69 Å². The summed E-state index contributed by atoms with van der Waals surface area (Å²) in [5.74, 6) is 0. The molecule has 0 bridgehead atoms. The quantitative estimate of drug-likeness (QED) is 0.488. The molecule has 6 heteroatoms. The molecule has 25 heavy (non-hydrogen) atoms. The Morgan fingerprint density at radius 3 is 2.76 bits per heavy atom. The van der Waals surface area contributed by atoms with Gasteiger partial charge in [-0.2, -0.15) is 10.4 Å². The summed E-state index contributed by atoms with van der Waals surface area (Å²) in [5, 5.41) is 16.6. The normalized spacial score (nSPS) is 11.2. The lowest BCUT2D eigenvalue weighted by Gasteiger charge is -2.01. The van der Waals surface area contributed by atoms with Crippen LogP contribution in [-0.2, 0) is 6.42 Å². The van der Waals surface area contributed by atoms with E-state index in [0.29, 0.717) is 15.7 Å². The van der Waals surface area contributed by atoms with Crippen LogP contribution >= 0.6 is 22.9 Å². The van der Waals surface area contributed by atoms with E-state index >= 15 is 0 Å². The summed E-state index contributed by atoms with van der Waals surface area (Å²) in [6, 6.07) is 17.5. The first-order valence-corrected chi connectivity index (χ1v) is 9.00. The molecule has 0 fully saturated rings. The molecule has 4 nitrogen and oxygen atoms in total. The molecule has 0 aliphatic carbocycles. The second-order valence-electron chi connectivity index (χ2n) is 5.28. The first kappa shape index (κ1) is 17.2. The number of hydrogen-bond donors (Lipinski definition) is 1. The van der Waals surface area contributed by atoms with Gasteiger partial charge in [-0.25, -0.2) is 4.98 Å². The molecule has 0 saturated heterocycles. The van der Waals surface area contributed by atoms with Gasteiger partial charge >= 0.3 is 0 Å². The Hall–Kier alpha value is -2.68. The van der Waals surface area contributed by atoms with Gasteiger partial charge in [-0.3, -0.25) is 5.43 Å². The fourth-order valence-electron chi connectivity index (χ4n) is 2.23. The fraction of sp³-hybridized carbons (Fsp3) is 0.105. The van der Waals surface area contributed by atoms with Crippen molar-refractivity contribution in [2.45, 2.75) is 13.3 Å².